The first kappa shape index (κ1) is 13.3. The van der Waals surface area contributed by atoms with E-state index in [0.29, 0.717) is 6.42 Å². The Kier molecular flexibility index (Phi) is 6.19. The summed E-state index contributed by atoms with van der Waals surface area (Å²) in [4.78, 5) is 12.0. The Morgan fingerprint density at radius 3 is 2.50 bits per heavy atom. The standard InChI is InChI=1S/C13H19NOS/c1-11(15)7-9-14-10-8-12-3-5-13(16-2)6-4-12/h3-6,14H,7-10H2,1-2H3. The monoisotopic (exact) mass is 237 g/mol. The predicted octanol–water partition coefficient (Wildman–Crippen LogP) is 2.52. The molecule has 2 nitrogen and oxygen atoms in total. The molecule has 0 bridgehead atoms. The molecule has 1 N–H and O–H groups in total. The third-order valence-corrected chi connectivity index (χ3v) is 3.15. The van der Waals surface area contributed by atoms with Crippen LogP contribution in [0, 0.1) is 0 Å². The van der Waals surface area contributed by atoms with E-state index in [0.717, 1.165) is 19.5 Å². The Bertz CT molecular complexity index is 321. The molecule has 0 radical (unpaired) electrons. The maximum Gasteiger partial charge on any atom is 0.131 e. The van der Waals surface area contributed by atoms with Crippen LogP contribution < -0.4 is 5.32 Å². The normalized spacial score (nSPS) is 10.4. The lowest BCUT2D eigenvalue weighted by Crippen LogP contribution is -2.20. The zero-order valence-corrected chi connectivity index (χ0v) is 10.8. The second-order valence-electron chi connectivity index (χ2n) is 3.80. The first-order chi connectivity index (χ1) is 7.72. The Balaban J connectivity index is 2.19. The van der Waals surface area contributed by atoms with Gasteiger partial charge in [0.05, 0.1) is 0 Å². The molecule has 0 unspecified atom stereocenters. The van der Waals surface area contributed by atoms with Crippen LogP contribution in [0.25, 0.3) is 0 Å². The number of nitrogens with one attached hydrogen (secondary N) is 1. The fourth-order valence-corrected chi connectivity index (χ4v) is 1.82. The molecule has 0 saturated heterocycles. The van der Waals surface area contributed by atoms with Crippen molar-refractivity contribution in [2.24, 2.45) is 0 Å². The van der Waals surface area contributed by atoms with E-state index in [2.05, 4.69) is 35.8 Å². The summed E-state index contributed by atoms with van der Waals surface area (Å²) in [6.07, 6.45) is 3.73. The van der Waals surface area contributed by atoms with Crippen molar-refractivity contribution in [1.29, 1.82) is 0 Å². The molecule has 0 saturated carbocycles. The average molecular weight is 237 g/mol. The van der Waals surface area contributed by atoms with Gasteiger partial charge in [-0.3, -0.25) is 4.79 Å². The van der Waals surface area contributed by atoms with Crippen molar-refractivity contribution < 1.29 is 4.79 Å². The lowest BCUT2D eigenvalue weighted by Gasteiger charge is -2.04. The molecule has 16 heavy (non-hydrogen) atoms. The molecule has 1 aromatic carbocycles. The molecule has 0 fully saturated rings. The molecule has 0 spiro atoms. The van der Waals surface area contributed by atoms with Gasteiger partial charge in [0.1, 0.15) is 5.78 Å². The molecule has 0 amide bonds. The minimum atomic E-state index is 0.247. The van der Waals surface area contributed by atoms with Gasteiger partial charge in [0.2, 0.25) is 0 Å². The Morgan fingerprint density at radius 2 is 1.94 bits per heavy atom. The van der Waals surface area contributed by atoms with Gasteiger partial charge in [-0.25, -0.2) is 0 Å². The summed E-state index contributed by atoms with van der Waals surface area (Å²) in [5.74, 6) is 0.247. The van der Waals surface area contributed by atoms with Gasteiger partial charge in [0.15, 0.2) is 0 Å². The van der Waals surface area contributed by atoms with Crippen LogP contribution in [0.5, 0.6) is 0 Å². The fourth-order valence-electron chi connectivity index (χ4n) is 1.41. The first-order valence-corrected chi connectivity index (χ1v) is 6.78. The maximum absolute atomic E-state index is 10.7. The summed E-state index contributed by atoms with van der Waals surface area (Å²) in [7, 11) is 0. The first-order valence-electron chi connectivity index (χ1n) is 5.55. The molecule has 88 valence electrons. The third-order valence-electron chi connectivity index (χ3n) is 2.40. The highest BCUT2D eigenvalue weighted by molar-refractivity contribution is 7.98. The van der Waals surface area contributed by atoms with Crippen LogP contribution in [0.4, 0.5) is 0 Å². The van der Waals surface area contributed by atoms with Gasteiger partial charge in [0.25, 0.3) is 0 Å². The molecular weight excluding hydrogens is 218 g/mol. The number of Topliss-reactive ketones (excluding diaryl/α,β-unsaturated/α-hetero) is 1. The number of carbonyl (C=O) groups excluding carboxylic acids is 1. The van der Waals surface area contributed by atoms with Gasteiger partial charge in [-0.2, -0.15) is 0 Å². The summed E-state index contributed by atoms with van der Waals surface area (Å²) in [5, 5.41) is 3.27. The van der Waals surface area contributed by atoms with Crippen LogP contribution >= 0.6 is 11.8 Å². The van der Waals surface area contributed by atoms with Gasteiger partial charge < -0.3 is 5.32 Å². The van der Waals surface area contributed by atoms with Crippen molar-refractivity contribution in [3.63, 3.8) is 0 Å². The van der Waals surface area contributed by atoms with E-state index in [1.54, 1.807) is 18.7 Å². The van der Waals surface area contributed by atoms with Gasteiger partial charge in [-0.05, 0) is 43.8 Å². The highest BCUT2D eigenvalue weighted by Crippen LogP contribution is 2.14. The summed E-state index contributed by atoms with van der Waals surface area (Å²) < 4.78 is 0. The maximum atomic E-state index is 10.7. The van der Waals surface area contributed by atoms with Crippen LogP contribution in [0.1, 0.15) is 18.9 Å². The average Bonchev–Trinajstić information content (AvgIpc) is 2.29. The van der Waals surface area contributed by atoms with Crippen LogP contribution in [0.3, 0.4) is 0 Å². The lowest BCUT2D eigenvalue weighted by molar-refractivity contribution is -0.116. The molecule has 3 heteroatoms. The highest BCUT2D eigenvalue weighted by atomic mass is 32.2. The second kappa shape index (κ2) is 7.47. The highest BCUT2D eigenvalue weighted by Gasteiger charge is 1.95. The van der Waals surface area contributed by atoms with Crippen LogP contribution in [0.15, 0.2) is 29.2 Å². The number of hydrogen-bond donors (Lipinski definition) is 1. The van der Waals surface area contributed by atoms with Gasteiger partial charge in [-0.1, -0.05) is 12.1 Å². The summed E-state index contributed by atoms with van der Waals surface area (Å²) in [6.45, 7) is 3.35. The Hall–Kier alpha value is -0.800. The van der Waals surface area contributed by atoms with E-state index in [1.165, 1.54) is 10.5 Å². The number of rotatable bonds is 7. The summed E-state index contributed by atoms with van der Waals surface area (Å²) >= 11 is 1.76. The number of hydrogen-bond acceptors (Lipinski definition) is 3. The number of benzene rings is 1. The molecule has 0 aliphatic carbocycles. The van der Waals surface area contributed by atoms with Crippen molar-refractivity contribution in [3.8, 4) is 0 Å². The van der Waals surface area contributed by atoms with E-state index in [4.69, 9.17) is 0 Å². The van der Waals surface area contributed by atoms with Crippen molar-refractivity contribution in [2.75, 3.05) is 19.3 Å². The fraction of sp³-hybridized carbons (Fsp3) is 0.462. The molecule has 0 heterocycles. The minimum Gasteiger partial charge on any atom is -0.316 e. The van der Waals surface area contributed by atoms with Crippen LogP contribution in [-0.4, -0.2) is 25.1 Å². The van der Waals surface area contributed by atoms with E-state index < -0.39 is 0 Å². The summed E-state index contributed by atoms with van der Waals surface area (Å²) in [6, 6.07) is 8.63. The molecule has 0 aliphatic heterocycles. The zero-order valence-electron chi connectivity index (χ0n) is 9.95. The topological polar surface area (TPSA) is 29.1 Å². The molecule has 1 rings (SSSR count). The minimum absolute atomic E-state index is 0.247. The lowest BCUT2D eigenvalue weighted by atomic mass is 10.1. The number of thioether (sulfide) groups is 1. The van der Waals surface area contributed by atoms with E-state index >= 15 is 0 Å². The van der Waals surface area contributed by atoms with Gasteiger partial charge in [-0.15, -0.1) is 11.8 Å². The van der Waals surface area contributed by atoms with E-state index in [-0.39, 0.29) is 5.78 Å². The Morgan fingerprint density at radius 1 is 1.25 bits per heavy atom. The molecular formula is C13H19NOS. The SMILES string of the molecule is CSc1ccc(CCNCCC(C)=O)cc1. The van der Waals surface area contributed by atoms with Crippen molar-refractivity contribution in [1.82, 2.24) is 5.32 Å². The summed E-state index contributed by atoms with van der Waals surface area (Å²) in [5.41, 5.74) is 1.34. The van der Waals surface area contributed by atoms with E-state index in [1.807, 2.05) is 0 Å². The molecule has 0 atom stereocenters. The Labute approximate surface area is 102 Å². The van der Waals surface area contributed by atoms with Crippen molar-refractivity contribution in [2.45, 2.75) is 24.7 Å². The second-order valence-corrected chi connectivity index (χ2v) is 4.68. The van der Waals surface area contributed by atoms with Crippen LogP contribution in [0.2, 0.25) is 0 Å². The van der Waals surface area contributed by atoms with Crippen molar-refractivity contribution >= 4 is 17.5 Å². The molecule has 0 aromatic heterocycles. The quantitative estimate of drug-likeness (QED) is 0.583. The smallest absolute Gasteiger partial charge is 0.131 e. The van der Waals surface area contributed by atoms with Gasteiger partial charge in [0, 0.05) is 17.9 Å². The number of carbonyl (C=O) groups is 1. The molecule has 1 aromatic rings. The number of ketones is 1. The van der Waals surface area contributed by atoms with Crippen molar-refractivity contribution in [3.05, 3.63) is 29.8 Å². The predicted molar refractivity (Wildman–Crippen MR) is 70.1 cm³/mol. The van der Waals surface area contributed by atoms with Crippen LogP contribution in [-0.2, 0) is 11.2 Å². The van der Waals surface area contributed by atoms with E-state index in [9.17, 15) is 4.79 Å². The largest absolute Gasteiger partial charge is 0.316 e. The zero-order chi connectivity index (χ0) is 11.8. The molecule has 0 aliphatic rings. The van der Waals surface area contributed by atoms with Gasteiger partial charge >= 0.3 is 0 Å². The third kappa shape index (κ3) is 5.33.